The molecule has 0 aliphatic heterocycles. The summed E-state index contributed by atoms with van der Waals surface area (Å²) in [6, 6.07) is 2.10. The second-order valence-corrected chi connectivity index (χ2v) is 5.22. The lowest BCUT2D eigenvalue weighted by molar-refractivity contribution is 0.578. The summed E-state index contributed by atoms with van der Waals surface area (Å²) in [6.07, 6.45) is 2.43. The van der Waals surface area contributed by atoms with Crippen molar-refractivity contribution in [3.63, 3.8) is 0 Å². The quantitative estimate of drug-likeness (QED) is 0.843. The van der Waals surface area contributed by atoms with Crippen molar-refractivity contribution in [2.24, 2.45) is 0 Å². The zero-order valence-electron chi connectivity index (χ0n) is 10.7. The largest absolute Gasteiger partial charge is 0.319 e. The standard InChI is InChI=1S/C13H21N3/c1-9(2)11-7-10(3)15-12(16-11)13(5-6-13)8-14-4/h7,9,14H,5-6,8H2,1-4H3. The van der Waals surface area contributed by atoms with Gasteiger partial charge in [0.25, 0.3) is 0 Å². The van der Waals surface area contributed by atoms with E-state index in [1.165, 1.54) is 18.5 Å². The van der Waals surface area contributed by atoms with Gasteiger partial charge in [0.15, 0.2) is 0 Å². The molecular weight excluding hydrogens is 198 g/mol. The Morgan fingerprint density at radius 3 is 2.56 bits per heavy atom. The number of aromatic nitrogens is 2. The molecule has 16 heavy (non-hydrogen) atoms. The number of hydrogen-bond acceptors (Lipinski definition) is 3. The van der Waals surface area contributed by atoms with Crippen LogP contribution in [0.3, 0.4) is 0 Å². The molecule has 1 fully saturated rings. The summed E-state index contributed by atoms with van der Waals surface area (Å²) in [5.74, 6) is 1.52. The van der Waals surface area contributed by atoms with Crippen molar-refractivity contribution < 1.29 is 0 Å². The number of hydrogen-bond donors (Lipinski definition) is 1. The highest BCUT2D eigenvalue weighted by molar-refractivity contribution is 5.23. The van der Waals surface area contributed by atoms with Crippen LogP contribution in [0.5, 0.6) is 0 Å². The Hall–Kier alpha value is -0.960. The van der Waals surface area contributed by atoms with Crippen LogP contribution < -0.4 is 5.32 Å². The zero-order chi connectivity index (χ0) is 11.8. The van der Waals surface area contributed by atoms with E-state index in [1.807, 2.05) is 7.05 Å². The maximum Gasteiger partial charge on any atom is 0.136 e. The monoisotopic (exact) mass is 219 g/mol. The molecule has 1 aromatic rings. The Balaban J connectivity index is 2.34. The van der Waals surface area contributed by atoms with Gasteiger partial charge in [0, 0.05) is 23.3 Å². The van der Waals surface area contributed by atoms with Crippen LogP contribution in [-0.2, 0) is 5.41 Å². The second-order valence-electron chi connectivity index (χ2n) is 5.22. The Kier molecular flexibility index (Phi) is 2.98. The summed E-state index contributed by atoms with van der Waals surface area (Å²) < 4.78 is 0. The van der Waals surface area contributed by atoms with E-state index in [-0.39, 0.29) is 5.41 Å². The van der Waals surface area contributed by atoms with Crippen molar-refractivity contribution in [3.8, 4) is 0 Å². The highest BCUT2D eigenvalue weighted by Crippen LogP contribution is 2.46. The minimum atomic E-state index is 0.227. The van der Waals surface area contributed by atoms with Gasteiger partial charge in [-0.1, -0.05) is 13.8 Å². The number of likely N-dealkylation sites (N-methyl/N-ethyl adjacent to an activating group) is 1. The van der Waals surface area contributed by atoms with Crippen molar-refractivity contribution in [2.75, 3.05) is 13.6 Å². The average Bonchev–Trinajstić information content (AvgIpc) is 2.98. The Bertz CT molecular complexity index is 381. The molecule has 0 unspecified atom stereocenters. The Morgan fingerprint density at radius 2 is 2.06 bits per heavy atom. The number of aryl methyl sites for hydroxylation is 1. The Morgan fingerprint density at radius 1 is 1.38 bits per heavy atom. The first-order chi connectivity index (χ1) is 7.57. The first-order valence-corrected chi connectivity index (χ1v) is 6.08. The fraction of sp³-hybridized carbons (Fsp3) is 0.692. The molecule has 1 aliphatic rings. The molecule has 0 atom stereocenters. The van der Waals surface area contributed by atoms with Crippen molar-refractivity contribution in [1.82, 2.24) is 15.3 Å². The average molecular weight is 219 g/mol. The van der Waals surface area contributed by atoms with Gasteiger partial charge < -0.3 is 5.32 Å². The van der Waals surface area contributed by atoms with Gasteiger partial charge in [-0.2, -0.15) is 0 Å². The highest BCUT2D eigenvalue weighted by atomic mass is 15.0. The molecule has 0 spiro atoms. The molecule has 0 radical (unpaired) electrons. The maximum atomic E-state index is 4.73. The van der Waals surface area contributed by atoms with Gasteiger partial charge >= 0.3 is 0 Å². The molecule has 1 N–H and O–H groups in total. The van der Waals surface area contributed by atoms with Crippen LogP contribution in [0.1, 0.15) is 49.8 Å². The van der Waals surface area contributed by atoms with Crippen molar-refractivity contribution in [1.29, 1.82) is 0 Å². The van der Waals surface area contributed by atoms with Gasteiger partial charge in [-0.25, -0.2) is 9.97 Å². The molecule has 3 nitrogen and oxygen atoms in total. The molecule has 88 valence electrons. The van der Waals surface area contributed by atoms with E-state index in [9.17, 15) is 0 Å². The summed E-state index contributed by atoms with van der Waals surface area (Å²) in [6.45, 7) is 7.42. The summed E-state index contributed by atoms with van der Waals surface area (Å²) >= 11 is 0. The second kappa shape index (κ2) is 4.13. The van der Waals surface area contributed by atoms with Crippen molar-refractivity contribution in [3.05, 3.63) is 23.3 Å². The highest BCUT2D eigenvalue weighted by Gasteiger charge is 2.46. The van der Waals surface area contributed by atoms with Crippen molar-refractivity contribution in [2.45, 2.75) is 44.9 Å². The first-order valence-electron chi connectivity index (χ1n) is 6.08. The molecule has 0 bridgehead atoms. The van der Waals surface area contributed by atoms with E-state index in [1.54, 1.807) is 0 Å². The number of nitrogens with one attached hydrogen (secondary N) is 1. The molecular formula is C13H21N3. The van der Waals surface area contributed by atoms with Crippen LogP contribution in [-0.4, -0.2) is 23.6 Å². The molecule has 1 aromatic heterocycles. The molecule has 2 rings (SSSR count). The first kappa shape index (κ1) is 11.5. The third kappa shape index (κ3) is 2.09. The topological polar surface area (TPSA) is 37.8 Å². The molecule has 1 saturated carbocycles. The normalized spacial score (nSPS) is 17.8. The number of nitrogens with zero attached hydrogens (tertiary/aromatic N) is 2. The van der Waals surface area contributed by atoms with E-state index in [0.29, 0.717) is 5.92 Å². The van der Waals surface area contributed by atoms with Crippen LogP contribution in [0, 0.1) is 6.92 Å². The fourth-order valence-electron chi connectivity index (χ4n) is 2.09. The smallest absolute Gasteiger partial charge is 0.136 e. The lowest BCUT2D eigenvalue weighted by Crippen LogP contribution is -2.26. The van der Waals surface area contributed by atoms with Gasteiger partial charge in [0.2, 0.25) is 0 Å². The predicted molar refractivity (Wildman–Crippen MR) is 65.7 cm³/mol. The summed E-state index contributed by atoms with van der Waals surface area (Å²) in [7, 11) is 2.00. The van der Waals surface area contributed by atoms with E-state index >= 15 is 0 Å². The van der Waals surface area contributed by atoms with Crippen LogP contribution in [0.4, 0.5) is 0 Å². The lowest BCUT2D eigenvalue weighted by atomic mass is 10.0. The predicted octanol–water partition coefficient (Wildman–Crippen LogP) is 2.16. The van der Waals surface area contributed by atoms with E-state index in [4.69, 9.17) is 4.98 Å². The summed E-state index contributed by atoms with van der Waals surface area (Å²) in [5.41, 5.74) is 2.49. The molecule has 3 heteroatoms. The zero-order valence-corrected chi connectivity index (χ0v) is 10.7. The Labute approximate surface area is 97.7 Å². The van der Waals surface area contributed by atoms with Crippen molar-refractivity contribution >= 4 is 0 Å². The van der Waals surface area contributed by atoms with Crippen LogP contribution in [0.2, 0.25) is 0 Å². The van der Waals surface area contributed by atoms with Gasteiger partial charge in [0.05, 0.1) is 0 Å². The third-order valence-corrected chi connectivity index (χ3v) is 3.31. The maximum absolute atomic E-state index is 4.73. The summed E-state index contributed by atoms with van der Waals surface area (Å²) in [5, 5.41) is 3.26. The van der Waals surface area contributed by atoms with Crippen LogP contribution in [0.25, 0.3) is 0 Å². The van der Waals surface area contributed by atoms with Gasteiger partial charge in [0.1, 0.15) is 5.82 Å². The van der Waals surface area contributed by atoms with Crippen LogP contribution >= 0.6 is 0 Å². The fourth-order valence-corrected chi connectivity index (χ4v) is 2.09. The SMILES string of the molecule is CNCC1(c2nc(C)cc(C(C)C)n2)CC1. The van der Waals surface area contributed by atoms with E-state index in [2.05, 4.69) is 37.1 Å². The third-order valence-electron chi connectivity index (χ3n) is 3.31. The molecule has 0 aromatic carbocycles. The lowest BCUT2D eigenvalue weighted by Gasteiger charge is -2.16. The van der Waals surface area contributed by atoms with Gasteiger partial charge in [-0.3, -0.25) is 0 Å². The number of rotatable bonds is 4. The van der Waals surface area contributed by atoms with E-state index in [0.717, 1.165) is 18.1 Å². The molecule has 0 amide bonds. The minimum Gasteiger partial charge on any atom is -0.319 e. The van der Waals surface area contributed by atoms with E-state index < -0.39 is 0 Å². The van der Waals surface area contributed by atoms with Gasteiger partial charge in [-0.15, -0.1) is 0 Å². The minimum absolute atomic E-state index is 0.227. The molecule has 0 saturated heterocycles. The summed E-state index contributed by atoms with van der Waals surface area (Å²) in [4.78, 5) is 9.35. The van der Waals surface area contributed by atoms with Gasteiger partial charge in [-0.05, 0) is 38.8 Å². The molecule has 1 heterocycles. The van der Waals surface area contributed by atoms with Crippen LogP contribution in [0.15, 0.2) is 6.07 Å². The molecule has 1 aliphatic carbocycles.